The highest BCUT2D eigenvalue weighted by molar-refractivity contribution is 5.97. The number of rotatable bonds is 4. The summed E-state index contributed by atoms with van der Waals surface area (Å²) in [5.41, 5.74) is 1.01. The fraction of sp³-hybridized carbons (Fsp3) is 0.571. The zero-order valence-corrected chi connectivity index (χ0v) is 16.0. The van der Waals surface area contributed by atoms with E-state index in [-0.39, 0.29) is 29.9 Å². The molecule has 28 heavy (non-hydrogen) atoms. The lowest BCUT2D eigenvalue weighted by Gasteiger charge is -2.34. The van der Waals surface area contributed by atoms with E-state index in [0.717, 1.165) is 31.2 Å². The van der Waals surface area contributed by atoms with Crippen LogP contribution >= 0.6 is 0 Å². The second kappa shape index (κ2) is 8.20. The van der Waals surface area contributed by atoms with E-state index < -0.39 is 12.1 Å². The molecule has 7 nitrogen and oxygen atoms in total. The number of fused-ring (bicyclic) bond motifs is 1. The van der Waals surface area contributed by atoms with Crippen LogP contribution in [-0.2, 0) is 16.0 Å². The summed E-state index contributed by atoms with van der Waals surface area (Å²) >= 11 is 0. The van der Waals surface area contributed by atoms with E-state index in [1.165, 1.54) is 6.42 Å². The first-order valence-electron chi connectivity index (χ1n) is 10.3. The van der Waals surface area contributed by atoms with Crippen molar-refractivity contribution >= 4 is 17.8 Å². The molecule has 0 bridgehead atoms. The van der Waals surface area contributed by atoms with Crippen molar-refractivity contribution < 1.29 is 14.4 Å². The van der Waals surface area contributed by atoms with Crippen molar-refractivity contribution in [2.24, 2.45) is 0 Å². The Kier molecular flexibility index (Phi) is 5.50. The first-order chi connectivity index (χ1) is 13.6. The van der Waals surface area contributed by atoms with Gasteiger partial charge in [0.15, 0.2) is 0 Å². The van der Waals surface area contributed by atoms with Crippen LogP contribution in [0.25, 0.3) is 0 Å². The number of hydrogen-bond acceptors (Lipinski definition) is 3. The number of nitrogens with zero attached hydrogens (tertiary/aromatic N) is 1. The standard InChI is InChI=1S/C21H28N4O3/c26-19-18-12-16(23-21(28)22-15-9-5-2-6-10-15)13-25(18)20(27)17(24-19)11-14-7-3-1-4-8-14/h1,3-4,7-8,15-18H,2,5-6,9-13H2,(H,24,26)(H2,22,23,28)/t16-,17+,18-/m0/s1. The summed E-state index contributed by atoms with van der Waals surface area (Å²) in [6.45, 7) is 0.389. The van der Waals surface area contributed by atoms with Gasteiger partial charge in [0.25, 0.3) is 0 Å². The van der Waals surface area contributed by atoms with Crippen molar-refractivity contribution in [1.82, 2.24) is 20.9 Å². The average molecular weight is 384 g/mol. The van der Waals surface area contributed by atoms with Gasteiger partial charge in [-0.05, 0) is 24.8 Å². The number of benzene rings is 1. The molecule has 2 aliphatic heterocycles. The fourth-order valence-corrected chi connectivity index (χ4v) is 4.61. The number of urea groups is 1. The topological polar surface area (TPSA) is 90.5 Å². The molecule has 0 spiro atoms. The number of carbonyl (C=O) groups excluding carboxylic acids is 3. The Labute approximate surface area is 165 Å². The highest BCUT2D eigenvalue weighted by Gasteiger charge is 2.46. The van der Waals surface area contributed by atoms with Crippen molar-refractivity contribution in [1.29, 1.82) is 0 Å². The Balaban J connectivity index is 1.34. The lowest BCUT2D eigenvalue weighted by Crippen LogP contribution is -2.61. The molecule has 3 atom stereocenters. The van der Waals surface area contributed by atoms with Gasteiger partial charge >= 0.3 is 6.03 Å². The van der Waals surface area contributed by atoms with Crippen LogP contribution in [0.5, 0.6) is 0 Å². The number of hydrogen-bond donors (Lipinski definition) is 3. The van der Waals surface area contributed by atoms with Crippen LogP contribution < -0.4 is 16.0 Å². The van der Waals surface area contributed by atoms with E-state index >= 15 is 0 Å². The van der Waals surface area contributed by atoms with Crippen molar-refractivity contribution in [3.63, 3.8) is 0 Å². The molecule has 0 unspecified atom stereocenters. The van der Waals surface area contributed by atoms with Crippen LogP contribution in [0.2, 0.25) is 0 Å². The molecule has 3 aliphatic rings. The molecule has 2 heterocycles. The molecule has 3 fully saturated rings. The minimum Gasteiger partial charge on any atom is -0.342 e. The molecule has 4 rings (SSSR count). The highest BCUT2D eigenvalue weighted by atomic mass is 16.2. The van der Waals surface area contributed by atoms with Crippen LogP contribution in [0, 0.1) is 0 Å². The Hall–Kier alpha value is -2.57. The smallest absolute Gasteiger partial charge is 0.315 e. The molecule has 0 aromatic heterocycles. The Morgan fingerprint density at radius 2 is 1.75 bits per heavy atom. The molecule has 3 N–H and O–H groups in total. The van der Waals surface area contributed by atoms with E-state index in [9.17, 15) is 14.4 Å². The van der Waals surface area contributed by atoms with Gasteiger partial charge < -0.3 is 20.9 Å². The van der Waals surface area contributed by atoms with Crippen molar-refractivity contribution in [3.05, 3.63) is 35.9 Å². The van der Waals surface area contributed by atoms with Gasteiger partial charge in [-0.2, -0.15) is 0 Å². The lowest BCUT2D eigenvalue weighted by molar-refractivity contribution is -0.147. The molecule has 150 valence electrons. The van der Waals surface area contributed by atoms with E-state index in [1.807, 2.05) is 30.3 Å². The summed E-state index contributed by atoms with van der Waals surface area (Å²) in [6.07, 6.45) is 6.54. The van der Waals surface area contributed by atoms with Gasteiger partial charge in [-0.15, -0.1) is 0 Å². The minimum absolute atomic E-state index is 0.0644. The van der Waals surface area contributed by atoms with E-state index in [2.05, 4.69) is 16.0 Å². The highest BCUT2D eigenvalue weighted by Crippen LogP contribution is 2.24. The van der Waals surface area contributed by atoms with Gasteiger partial charge in [-0.25, -0.2) is 4.79 Å². The number of piperazine rings is 1. The molecule has 1 aromatic rings. The largest absolute Gasteiger partial charge is 0.342 e. The van der Waals surface area contributed by atoms with Gasteiger partial charge in [0.2, 0.25) is 11.8 Å². The van der Waals surface area contributed by atoms with Crippen LogP contribution in [0.15, 0.2) is 30.3 Å². The van der Waals surface area contributed by atoms with Gasteiger partial charge in [-0.1, -0.05) is 49.6 Å². The van der Waals surface area contributed by atoms with Gasteiger partial charge in [0.1, 0.15) is 12.1 Å². The van der Waals surface area contributed by atoms with Crippen LogP contribution in [0.3, 0.4) is 0 Å². The van der Waals surface area contributed by atoms with Gasteiger partial charge in [-0.3, -0.25) is 9.59 Å². The van der Waals surface area contributed by atoms with E-state index in [0.29, 0.717) is 19.4 Å². The summed E-state index contributed by atoms with van der Waals surface area (Å²) in [6, 6.07) is 8.51. The predicted octanol–water partition coefficient (Wildman–Crippen LogP) is 1.33. The number of carbonyl (C=O) groups is 3. The molecular weight excluding hydrogens is 356 g/mol. The molecule has 0 radical (unpaired) electrons. The van der Waals surface area contributed by atoms with Crippen molar-refractivity contribution in [2.75, 3.05) is 6.54 Å². The summed E-state index contributed by atoms with van der Waals surface area (Å²) in [5.74, 6) is -0.192. The van der Waals surface area contributed by atoms with E-state index in [4.69, 9.17) is 0 Å². The Bertz CT molecular complexity index is 732. The summed E-state index contributed by atoms with van der Waals surface area (Å²) in [7, 11) is 0. The number of nitrogens with one attached hydrogen (secondary N) is 3. The van der Waals surface area contributed by atoms with Crippen LogP contribution in [0.4, 0.5) is 4.79 Å². The fourth-order valence-electron chi connectivity index (χ4n) is 4.61. The first kappa shape index (κ1) is 18.8. The molecule has 7 heteroatoms. The Morgan fingerprint density at radius 3 is 2.50 bits per heavy atom. The zero-order valence-electron chi connectivity index (χ0n) is 16.0. The minimum atomic E-state index is -0.541. The van der Waals surface area contributed by atoms with Crippen molar-refractivity contribution in [2.45, 2.75) is 69.1 Å². The summed E-state index contributed by atoms with van der Waals surface area (Å²) in [4.78, 5) is 39.4. The quantitative estimate of drug-likeness (QED) is 0.731. The van der Waals surface area contributed by atoms with Crippen molar-refractivity contribution in [3.8, 4) is 0 Å². The van der Waals surface area contributed by atoms with Crippen LogP contribution in [-0.4, -0.2) is 53.5 Å². The second-order valence-corrected chi connectivity index (χ2v) is 8.14. The molecule has 4 amide bonds. The van der Waals surface area contributed by atoms with Crippen LogP contribution in [0.1, 0.15) is 44.1 Å². The molecule has 2 saturated heterocycles. The summed E-state index contributed by atoms with van der Waals surface area (Å²) < 4.78 is 0. The lowest BCUT2D eigenvalue weighted by atomic mass is 9.96. The first-order valence-corrected chi connectivity index (χ1v) is 10.3. The molecule has 1 aliphatic carbocycles. The average Bonchev–Trinajstić information content (AvgIpc) is 3.12. The maximum absolute atomic E-state index is 12.9. The molecule has 1 aromatic carbocycles. The van der Waals surface area contributed by atoms with Gasteiger partial charge in [0, 0.05) is 19.0 Å². The Morgan fingerprint density at radius 1 is 1.04 bits per heavy atom. The third kappa shape index (κ3) is 4.13. The second-order valence-electron chi connectivity index (χ2n) is 8.14. The zero-order chi connectivity index (χ0) is 19.5. The predicted molar refractivity (Wildman–Crippen MR) is 105 cm³/mol. The number of amides is 4. The molecular formula is C21H28N4O3. The third-order valence-electron chi connectivity index (χ3n) is 6.06. The SMILES string of the molecule is O=C(NC1CCCCC1)N[C@H]1C[C@H]2C(=O)N[C@H](Cc3ccccc3)C(=O)N2C1. The van der Waals surface area contributed by atoms with E-state index in [1.54, 1.807) is 4.90 Å². The maximum atomic E-state index is 12.9. The maximum Gasteiger partial charge on any atom is 0.315 e. The van der Waals surface area contributed by atoms with Gasteiger partial charge in [0.05, 0.1) is 6.04 Å². The monoisotopic (exact) mass is 384 g/mol. The summed E-state index contributed by atoms with van der Waals surface area (Å²) in [5, 5.41) is 8.87. The third-order valence-corrected chi connectivity index (χ3v) is 6.06. The normalized spacial score (nSPS) is 27.9. The molecule has 1 saturated carbocycles.